The molecular weight excluding hydrogens is 316 g/mol. The van der Waals surface area contributed by atoms with Crippen molar-refractivity contribution in [1.82, 2.24) is 15.2 Å². The maximum Gasteiger partial charge on any atom is 0.255 e. The fourth-order valence-electron chi connectivity index (χ4n) is 3.89. The fourth-order valence-corrected chi connectivity index (χ4v) is 3.89. The number of amides is 1. The van der Waals surface area contributed by atoms with E-state index in [0.29, 0.717) is 18.2 Å². The quantitative estimate of drug-likeness (QED) is 0.701. The molecule has 0 bridgehead atoms. The molecule has 2 aliphatic rings. The van der Waals surface area contributed by atoms with Crippen LogP contribution in [0.2, 0.25) is 0 Å². The summed E-state index contributed by atoms with van der Waals surface area (Å²) in [6.07, 6.45) is 8.39. The summed E-state index contributed by atoms with van der Waals surface area (Å²) in [6, 6.07) is 4.04. The largest absolute Gasteiger partial charge is 0.395 e. The number of aromatic nitrogens is 1. The van der Waals surface area contributed by atoms with Gasteiger partial charge in [-0.2, -0.15) is 0 Å². The van der Waals surface area contributed by atoms with E-state index >= 15 is 0 Å². The first kappa shape index (κ1) is 18.1. The van der Waals surface area contributed by atoms with Crippen LogP contribution in [0.1, 0.15) is 48.9 Å². The lowest BCUT2D eigenvalue weighted by atomic mass is 10.2. The molecule has 3 rings (SSSR count). The standard InChI is InChI=1S/C19H30N4O2/c24-15-16-7-6-14-22(16)11-2-1-9-21-19(25)17-8-5-10-20-18(17)23-12-3-4-13-23/h5,8,10,16,24H,1-4,6-7,9,11-15H2,(H,21,25). The van der Waals surface area contributed by atoms with E-state index in [9.17, 15) is 9.90 Å². The van der Waals surface area contributed by atoms with E-state index in [1.54, 1.807) is 6.20 Å². The van der Waals surface area contributed by atoms with Crippen molar-refractivity contribution < 1.29 is 9.90 Å². The predicted molar refractivity (Wildman–Crippen MR) is 98.9 cm³/mol. The van der Waals surface area contributed by atoms with Crippen LogP contribution in [0.5, 0.6) is 0 Å². The van der Waals surface area contributed by atoms with Crippen molar-refractivity contribution in [3.63, 3.8) is 0 Å². The average molecular weight is 346 g/mol. The summed E-state index contributed by atoms with van der Waals surface area (Å²) in [7, 11) is 0. The molecule has 1 unspecified atom stereocenters. The molecule has 25 heavy (non-hydrogen) atoms. The summed E-state index contributed by atoms with van der Waals surface area (Å²) >= 11 is 0. The molecule has 1 amide bonds. The zero-order valence-corrected chi connectivity index (χ0v) is 15.0. The first-order valence-corrected chi connectivity index (χ1v) is 9.62. The molecule has 0 spiro atoms. The Morgan fingerprint density at radius 2 is 2.08 bits per heavy atom. The van der Waals surface area contributed by atoms with Crippen molar-refractivity contribution in [2.75, 3.05) is 44.2 Å². The molecule has 2 N–H and O–H groups in total. The number of carbonyl (C=O) groups excluding carboxylic acids is 1. The second-order valence-corrected chi connectivity index (χ2v) is 7.05. The Morgan fingerprint density at radius 1 is 1.24 bits per heavy atom. The summed E-state index contributed by atoms with van der Waals surface area (Å²) in [5.74, 6) is 0.796. The van der Waals surface area contributed by atoms with Crippen molar-refractivity contribution in [2.45, 2.75) is 44.6 Å². The number of likely N-dealkylation sites (tertiary alicyclic amines) is 1. The van der Waals surface area contributed by atoms with Crippen LogP contribution >= 0.6 is 0 Å². The maximum atomic E-state index is 12.5. The number of nitrogens with one attached hydrogen (secondary N) is 1. The molecule has 0 aliphatic carbocycles. The van der Waals surface area contributed by atoms with E-state index in [1.165, 1.54) is 19.3 Å². The highest BCUT2D eigenvalue weighted by Gasteiger charge is 2.23. The molecular formula is C19H30N4O2. The number of anilines is 1. The van der Waals surface area contributed by atoms with Gasteiger partial charge in [-0.25, -0.2) is 4.98 Å². The van der Waals surface area contributed by atoms with Crippen molar-refractivity contribution in [3.8, 4) is 0 Å². The smallest absolute Gasteiger partial charge is 0.255 e. The molecule has 1 atom stereocenters. The molecule has 1 aromatic rings. The summed E-state index contributed by atoms with van der Waals surface area (Å²) in [4.78, 5) is 21.5. The third-order valence-corrected chi connectivity index (χ3v) is 5.30. The van der Waals surface area contributed by atoms with Gasteiger partial charge in [0.25, 0.3) is 5.91 Å². The minimum atomic E-state index is -0.0237. The number of unbranched alkanes of at least 4 members (excludes halogenated alkanes) is 1. The van der Waals surface area contributed by atoms with Crippen LogP contribution in [0, 0.1) is 0 Å². The Balaban J connectivity index is 1.42. The van der Waals surface area contributed by atoms with E-state index in [0.717, 1.165) is 51.3 Å². The molecule has 6 heteroatoms. The molecule has 0 radical (unpaired) electrons. The molecule has 138 valence electrons. The van der Waals surface area contributed by atoms with Crippen LogP contribution in [0.15, 0.2) is 18.3 Å². The topological polar surface area (TPSA) is 68.7 Å². The second kappa shape index (κ2) is 9.15. The van der Waals surface area contributed by atoms with Crippen LogP contribution in [0.25, 0.3) is 0 Å². The summed E-state index contributed by atoms with van der Waals surface area (Å²) < 4.78 is 0. The van der Waals surface area contributed by atoms with Crippen molar-refractivity contribution in [2.24, 2.45) is 0 Å². The van der Waals surface area contributed by atoms with Crippen LogP contribution in [-0.4, -0.2) is 66.3 Å². The molecule has 2 fully saturated rings. The lowest BCUT2D eigenvalue weighted by molar-refractivity contribution is 0.0952. The number of carbonyl (C=O) groups is 1. The third kappa shape index (κ3) is 4.70. The average Bonchev–Trinajstić information content (AvgIpc) is 3.33. The van der Waals surface area contributed by atoms with Gasteiger partial charge in [0, 0.05) is 31.9 Å². The number of rotatable bonds is 8. The van der Waals surface area contributed by atoms with Crippen LogP contribution in [-0.2, 0) is 0 Å². The Hall–Kier alpha value is -1.66. The van der Waals surface area contributed by atoms with Crippen LogP contribution in [0.4, 0.5) is 5.82 Å². The highest BCUT2D eigenvalue weighted by atomic mass is 16.3. The normalized spacial score (nSPS) is 21.0. The Kier molecular flexibility index (Phi) is 6.64. The molecule has 2 saturated heterocycles. The zero-order valence-electron chi connectivity index (χ0n) is 15.0. The van der Waals surface area contributed by atoms with Gasteiger partial charge in [0.1, 0.15) is 5.82 Å². The highest BCUT2D eigenvalue weighted by molar-refractivity contribution is 5.98. The van der Waals surface area contributed by atoms with Gasteiger partial charge in [-0.05, 0) is 63.7 Å². The molecule has 1 aromatic heterocycles. The Labute approximate surface area is 150 Å². The van der Waals surface area contributed by atoms with Gasteiger partial charge in [-0.15, -0.1) is 0 Å². The van der Waals surface area contributed by atoms with Crippen molar-refractivity contribution in [1.29, 1.82) is 0 Å². The minimum absolute atomic E-state index is 0.0237. The third-order valence-electron chi connectivity index (χ3n) is 5.30. The first-order valence-electron chi connectivity index (χ1n) is 9.62. The number of hydrogen-bond donors (Lipinski definition) is 2. The second-order valence-electron chi connectivity index (χ2n) is 7.05. The van der Waals surface area contributed by atoms with Gasteiger partial charge in [0.05, 0.1) is 12.2 Å². The lowest BCUT2D eigenvalue weighted by Crippen LogP contribution is -2.33. The van der Waals surface area contributed by atoms with Crippen molar-refractivity contribution in [3.05, 3.63) is 23.9 Å². The molecule has 0 aromatic carbocycles. The summed E-state index contributed by atoms with van der Waals surface area (Å²) in [6.45, 7) is 5.01. The first-order chi connectivity index (χ1) is 12.3. The van der Waals surface area contributed by atoms with Gasteiger partial charge >= 0.3 is 0 Å². The van der Waals surface area contributed by atoms with Gasteiger partial charge in [0.15, 0.2) is 0 Å². The molecule has 6 nitrogen and oxygen atoms in total. The number of pyridine rings is 1. The van der Waals surface area contributed by atoms with Crippen LogP contribution < -0.4 is 10.2 Å². The Bertz CT molecular complexity index is 560. The predicted octanol–water partition coefficient (Wildman–Crippen LogP) is 1.65. The monoisotopic (exact) mass is 346 g/mol. The van der Waals surface area contributed by atoms with Crippen molar-refractivity contribution >= 4 is 11.7 Å². The van der Waals surface area contributed by atoms with E-state index < -0.39 is 0 Å². The summed E-state index contributed by atoms with van der Waals surface area (Å²) in [5.41, 5.74) is 0.685. The fraction of sp³-hybridized carbons (Fsp3) is 0.684. The summed E-state index contributed by atoms with van der Waals surface area (Å²) in [5, 5.41) is 12.4. The van der Waals surface area contributed by atoms with E-state index in [-0.39, 0.29) is 12.5 Å². The van der Waals surface area contributed by atoms with E-state index in [1.807, 2.05) is 12.1 Å². The SMILES string of the molecule is O=C(NCCCCN1CCCC1CO)c1cccnc1N1CCCC1. The van der Waals surface area contributed by atoms with Gasteiger partial charge in [-0.3, -0.25) is 9.69 Å². The molecule has 0 saturated carbocycles. The highest BCUT2D eigenvalue weighted by Crippen LogP contribution is 2.22. The number of aliphatic hydroxyl groups is 1. The number of hydrogen-bond acceptors (Lipinski definition) is 5. The Morgan fingerprint density at radius 3 is 2.88 bits per heavy atom. The molecule has 2 aliphatic heterocycles. The lowest BCUT2D eigenvalue weighted by Gasteiger charge is -2.22. The number of aliphatic hydroxyl groups excluding tert-OH is 1. The molecule has 3 heterocycles. The van der Waals surface area contributed by atoms with Gasteiger partial charge in [0.2, 0.25) is 0 Å². The van der Waals surface area contributed by atoms with E-state index in [4.69, 9.17) is 0 Å². The van der Waals surface area contributed by atoms with Gasteiger partial charge in [-0.1, -0.05) is 0 Å². The number of nitrogens with zero attached hydrogens (tertiary/aromatic N) is 3. The maximum absolute atomic E-state index is 12.5. The van der Waals surface area contributed by atoms with E-state index in [2.05, 4.69) is 20.1 Å². The zero-order chi connectivity index (χ0) is 17.5. The van der Waals surface area contributed by atoms with Crippen LogP contribution in [0.3, 0.4) is 0 Å². The minimum Gasteiger partial charge on any atom is -0.395 e. The van der Waals surface area contributed by atoms with Gasteiger partial charge < -0.3 is 15.3 Å².